The number of carbonyl (C=O) groups excluding carboxylic acids is 2. The minimum atomic E-state index is -0.458. The van der Waals surface area contributed by atoms with E-state index in [4.69, 9.17) is 4.74 Å². The lowest BCUT2D eigenvalue weighted by Gasteiger charge is -2.19. The van der Waals surface area contributed by atoms with Crippen LogP contribution in [0.2, 0.25) is 0 Å². The Balaban J connectivity index is 2.33. The van der Waals surface area contributed by atoms with Gasteiger partial charge in [0.1, 0.15) is 5.75 Å². The molecule has 0 saturated carbocycles. The quantitative estimate of drug-likeness (QED) is 0.739. The van der Waals surface area contributed by atoms with E-state index < -0.39 is 11.7 Å². The van der Waals surface area contributed by atoms with Gasteiger partial charge in [-0.2, -0.15) is 0 Å². The van der Waals surface area contributed by atoms with Crippen molar-refractivity contribution in [3.8, 4) is 5.75 Å². The van der Waals surface area contributed by atoms with Crippen molar-refractivity contribution in [3.05, 3.63) is 23.8 Å². The molecular weight excluding hydrogens is 232 g/mol. The number of carbonyl (C=O) groups is 2. The van der Waals surface area contributed by atoms with Crippen LogP contribution in [0, 0.1) is 0 Å². The number of methoxy groups -OCH3 is 1. The molecule has 1 heterocycles. The lowest BCUT2D eigenvalue weighted by Crippen LogP contribution is -2.35. The normalized spacial score (nSPS) is 14.3. The largest absolute Gasteiger partial charge is 0.497 e. The van der Waals surface area contributed by atoms with Crippen LogP contribution in [0.4, 0.5) is 5.69 Å². The van der Waals surface area contributed by atoms with Gasteiger partial charge in [-0.05, 0) is 26.2 Å². The average molecular weight is 248 g/mol. The third kappa shape index (κ3) is 2.09. The smallest absolute Gasteiger partial charge is 0.299 e. The number of hydrogen-bond donors (Lipinski definition) is 0. The molecule has 0 radical (unpaired) electrons. The first-order valence-electron chi connectivity index (χ1n) is 5.73. The van der Waals surface area contributed by atoms with Crippen LogP contribution in [-0.4, -0.2) is 50.9 Å². The van der Waals surface area contributed by atoms with Crippen LogP contribution in [0.1, 0.15) is 10.4 Å². The number of likely N-dealkylation sites (N-methyl/N-ethyl adjacent to an activating group) is 1. The van der Waals surface area contributed by atoms with E-state index in [1.54, 1.807) is 25.3 Å². The number of nitrogens with zero attached hydrogens (tertiary/aromatic N) is 2. The van der Waals surface area contributed by atoms with E-state index in [2.05, 4.69) is 0 Å². The first-order chi connectivity index (χ1) is 8.54. The van der Waals surface area contributed by atoms with Crippen molar-refractivity contribution < 1.29 is 14.3 Å². The van der Waals surface area contributed by atoms with Crippen LogP contribution in [0.25, 0.3) is 0 Å². The summed E-state index contributed by atoms with van der Waals surface area (Å²) in [7, 11) is 5.41. The molecular formula is C13H16N2O3. The molecule has 0 aliphatic carbocycles. The highest BCUT2D eigenvalue weighted by Gasteiger charge is 2.35. The summed E-state index contributed by atoms with van der Waals surface area (Å²) in [5, 5.41) is 0. The summed E-state index contributed by atoms with van der Waals surface area (Å²) in [5.74, 6) is -0.252. The van der Waals surface area contributed by atoms with Gasteiger partial charge in [0.05, 0.1) is 18.4 Å². The van der Waals surface area contributed by atoms with E-state index in [0.717, 1.165) is 0 Å². The molecule has 1 aliphatic rings. The van der Waals surface area contributed by atoms with E-state index in [-0.39, 0.29) is 0 Å². The maximum absolute atomic E-state index is 11.9. The zero-order chi connectivity index (χ0) is 13.3. The number of amides is 1. The molecule has 18 heavy (non-hydrogen) atoms. The zero-order valence-electron chi connectivity index (χ0n) is 10.8. The number of benzene rings is 1. The Bertz CT molecular complexity index is 497. The second-order valence-corrected chi connectivity index (χ2v) is 4.47. The number of fused-ring (bicyclic) bond motifs is 1. The van der Waals surface area contributed by atoms with Gasteiger partial charge in [0, 0.05) is 19.2 Å². The van der Waals surface area contributed by atoms with E-state index in [1.807, 2.05) is 19.0 Å². The SMILES string of the molecule is COc1ccc2c(c1)N(CCN(C)C)C(=O)C2=O. The predicted octanol–water partition coefficient (Wildman–Crippen LogP) is 0.786. The number of Topliss-reactive ketones (excluding diaryl/α,β-unsaturated/α-hetero) is 1. The minimum absolute atomic E-state index is 0.439. The molecule has 0 bridgehead atoms. The van der Waals surface area contributed by atoms with Crippen molar-refractivity contribution in [2.45, 2.75) is 0 Å². The Labute approximate surface area is 106 Å². The van der Waals surface area contributed by atoms with E-state index in [9.17, 15) is 9.59 Å². The van der Waals surface area contributed by atoms with Crippen molar-refractivity contribution in [1.29, 1.82) is 0 Å². The van der Waals surface area contributed by atoms with Gasteiger partial charge in [-0.1, -0.05) is 0 Å². The molecule has 1 amide bonds. The molecule has 96 valence electrons. The fourth-order valence-corrected chi connectivity index (χ4v) is 1.92. The third-order valence-electron chi connectivity index (χ3n) is 2.95. The van der Waals surface area contributed by atoms with Gasteiger partial charge in [0.2, 0.25) is 0 Å². The second-order valence-electron chi connectivity index (χ2n) is 4.47. The summed E-state index contributed by atoms with van der Waals surface area (Å²) in [5.41, 5.74) is 1.10. The van der Waals surface area contributed by atoms with Crippen molar-refractivity contribution in [1.82, 2.24) is 4.90 Å². The topological polar surface area (TPSA) is 49.9 Å². The second kappa shape index (κ2) is 4.78. The van der Waals surface area contributed by atoms with Crippen LogP contribution in [0.5, 0.6) is 5.75 Å². The van der Waals surface area contributed by atoms with Crippen LogP contribution in [0.15, 0.2) is 18.2 Å². The monoisotopic (exact) mass is 248 g/mol. The first-order valence-corrected chi connectivity index (χ1v) is 5.73. The van der Waals surface area contributed by atoms with Gasteiger partial charge in [-0.25, -0.2) is 0 Å². The van der Waals surface area contributed by atoms with Crippen LogP contribution in [0.3, 0.4) is 0 Å². The van der Waals surface area contributed by atoms with E-state index in [0.29, 0.717) is 30.1 Å². The molecule has 5 heteroatoms. The summed E-state index contributed by atoms with van der Waals surface area (Å²) in [6.45, 7) is 1.20. The maximum atomic E-state index is 11.9. The Morgan fingerprint density at radius 1 is 1.28 bits per heavy atom. The van der Waals surface area contributed by atoms with Gasteiger partial charge in [-0.15, -0.1) is 0 Å². The number of rotatable bonds is 4. The Morgan fingerprint density at radius 2 is 2.00 bits per heavy atom. The number of anilines is 1. The van der Waals surface area contributed by atoms with Crippen LogP contribution in [-0.2, 0) is 4.79 Å². The summed E-state index contributed by atoms with van der Waals surface area (Å²) >= 11 is 0. The summed E-state index contributed by atoms with van der Waals surface area (Å²) in [4.78, 5) is 27.2. The first kappa shape index (κ1) is 12.6. The summed E-state index contributed by atoms with van der Waals surface area (Å²) in [6.07, 6.45) is 0. The van der Waals surface area contributed by atoms with Crippen molar-refractivity contribution in [2.75, 3.05) is 39.2 Å². The van der Waals surface area contributed by atoms with Crippen LogP contribution >= 0.6 is 0 Å². The number of ketones is 1. The fourth-order valence-electron chi connectivity index (χ4n) is 1.92. The maximum Gasteiger partial charge on any atom is 0.299 e. The lowest BCUT2D eigenvalue weighted by atomic mass is 10.1. The van der Waals surface area contributed by atoms with E-state index >= 15 is 0 Å². The average Bonchev–Trinajstić information content (AvgIpc) is 2.59. The molecule has 0 fully saturated rings. The molecule has 0 spiro atoms. The zero-order valence-corrected chi connectivity index (χ0v) is 10.8. The molecule has 2 rings (SSSR count). The molecule has 0 saturated heterocycles. The summed E-state index contributed by atoms with van der Waals surface area (Å²) in [6, 6.07) is 5.07. The fraction of sp³-hybridized carbons (Fsp3) is 0.385. The van der Waals surface area contributed by atoms with Gasteiger partial charge < -0.3 is 14.5 Å². The highest BCUT2D eigenvalue weighted by Crippen LogP contribution is 2.32. The van der Waals surface area contributed by atoms with Gasteiger partial charge in [0.15, 0.2) is 0 Å². The third-order valence-corrected chi connectivity index (χ3v) is 2.95. The molecule has 0 N–H and O–H groups in total. The molecule has 0 aromatic heterocycles. The molecule has 1 aromatic carbocycles. The number of hydrogen-bond acceptors (Lipinski definition) is 4. The van der Waals surface area contributed by atoms with E-state index in [1.165, 1.54) is 4.90 Å². The highest BCUT2D eigenvalue weighted by molar-refractivity contribution is 6.52. The molecule has 1 aliphatic heterocycles. The van der Waals surface area contributed by atoms with Crippen molar-refractivity contribution in [3.63, 3.8) is 0 Å². The Morgan fingerprint density at radius 3 is 2.61 bits per heavy atom. The highest BCUT2D eigenvalue weighted by atomic mass is 16.5. The summed E-state index contributed by atoms with van der Waals surface area (Å²) < 4.78 is 5.12. The predicted molar refractivity (Wildman–Crippen MR) is 68.2 cm³/mol. The van der Waals surface area contributed by atoms with Crippen molar-refractivity contribution >= 4 is 17.4 Å². The molecule has 5 nitrogen and oxygen atoms in total. The van der Waals surface area contributed by atoms with Gasteiger partial charge >= 0.3 is 0 Å². The minimum Gasteiger partial charge on any atom is -0.497 e. The van der Waals surface area contributed by atoms with Gasteiger partial charge in [-0.3, -0.25) is 9.59 Å². The Kier molecular flexibility index (Phi) is 3.34. The van der Waals surface area contributed by atoms with Crippen molar-refractivity contribution in [2.24, 2.45) is 0 Å². The van der Waals surface area contributed by atoms with Gasteiger partial charge in [0.25, 0.3) is 11.7 Å². The Hall–Kier alpha value is -1.88. The van der Waals surface area contributed by atoms with Crippen LogP contribution < -0.4 is 9.64 Å². The molecule has 1 aromatic rings. The molecule has 0 atom stereocenters. The molecule has 0 unspecified atom stereocenters. The number of ether oxygens (including phenoxy) is 1. The lowest BCUT2D eigenvalue weighted by molar-refractivity contribution is -0.114. The standard InChI is InChI=1S/C13H16N2O3/c1-14(2)6-7-15-11-8-9(18-3)4-5-10(11)12(16)13(15)17/h4-5,8H,6-7H2,1-3H3.